The van der Waals surface area contributed by atoms with E-state index in [1.54, 1.807) is 19.1 Å². The van der Waals surface area contributed by atoms with Gasteiger partial charge in [-0.15, -0.1) is 0 Å². The highest BCUT2D eigenvalue weighted by Crippen LogP contribution is 2.19. The molecule has 0 fully saturated rings. The summed E-state index contributed by atoms with van der Waals surface area (Å²) in [6.07, 6.45) is 0.819. The zero-order valence-corrected chi connectivity index (χ0v) is 10.2. The number of nitro groups is 1. The van der Waals surface area contributed by atoms with E-state index in [9.17, 15) is 14.9 Å². The minimum Gasteiger partial charge on any atom is -0.350 e. The number of amides is 1. The molecule has 5 nitrogen and oxygen atoms in total. The van der Waals surface area contributed by atoms with Gasteiger partial charge in [-0.2, -0.15) is 0 Å². The van der Waals surface area contributed by atoms with Crippen LogP contribution in [0.15, 0.2) is 18.2 Å². The van der Waals surface area contributed by atoms with Gasteiger partial charge in [0.1, 0.15) is 0 Å². The first-order chi connectivity index (χ1) is 7.95. The summed E-state index contributed by atoms with van der Waals surface area (Å²) in [4.78, 5) is 22.0. The minimum atomic E-state index is -0.477. The third-order valence-corrected chi connectivity index (χ3v) is 2.66. The van der Waals surface area contributed by atoms with Gasteiger partial charge in [0, 0.05) is 23.2 Å². The summed E-state index contributed by atoms with van der Waals surface area (Å²) < 4.78 is 0. The van der Waals surface area contributed by atoms with Crippen LogP contribution in [-0.2, 0) is 0 Å². The maximum Gasteiger partial charge on any atom is 0.273 e. The topological polar surface area (TPSA) is 72.2 Å². The normalized spacial score (nSPS) is 11.9. The molecule has 0 saturated carbocycles. The highest BCUT2D eigenvalue weighted by molar-refractivity contribution is 5.95. The van der Waals surface area contributed by atoms with Crippen molar-refractivity contribution in [1.82, 2.24) is 5.32 Å². The van der Waals surface area contributed by atoms with Gasteiger partial charge in [-0.05, 0) is 26.3 Å². The first-order valence-electron chi connectivity index (χ1n) is 5.51. The molecule has 0 spiro atoms. The van der Waals surface area contributed by atoms with Gasteiger partial charge in [-0.25, -0.2) is 0 Å². The summed E-state index contributed by atoms with van der Waals surface area (Å²) >= 11 is 0. The predicted octanol–water partition coefficient (Wildman–Crippen LogP) is 2.43. The van der Waals surface area contributed by atoms with Gasteiger partial charge < -0.3 is 5.32 Å². The van der Waals surface area contributed by atoms with Crippen LogP contribution in [-0.4, -0.2) is 16.9 Å². The van der Waals surface area contributed by atoms with Gasteiger partial charge in [-0.3, -0.25) is 14.9 Å². The molecular weight excluding hydrogens is 220 g/mol. The van der Waals surface area contributed by atoms with Crippen molar-refractivity contribution >= 4 is 11.6 Å². The van der Waals surface area contributed by atoms with E-state index in [-0.39, 0.29) is 17.6 Å². The second-order valence-corrected chi connectivity index (χ2v) is 4.04. The fourth-order valence-corrected chi connectivity index (χ4v) is 1.36. The van der Waals surface area contributed by atoms with Gasteiger partial charge in [0.2, 0.25) is 0 Å². The van der Waals surface area contributed by atoms with Crippen molar-refractivity contribution in [3.05, 3.63) is 39.4 Å². The zero-order valence-electron chi connectivity index (χ0n) is 10.2. The fraction of sp³-hybridized carbons (Fsp3) is 0.417. The number of benzene rings is 1. The van der Waals surface area contributed by atoms with Gasteiger partial charge in [0.05, 0.1) is 4.92 Å². The van der Waals surface area contributed by atoms with Gasteiger partial charge in [0.15, 0.2) is 0 Å². The van der Waals surface area contributed by atoms with Crippen molar-refractivity contribution in [3.8, 4) is 0 Å². The molecule has 0 radical (unpaired) electrons. The van der Waals surface area contributed by atoms with Crippen LogP contribution < -0.4 is 5.32 Å². The first kappa shape index (κ1) is 13.2. The Labute approximate surface area is 100.0 Å². The Bertz CT molecular complexity index is 443. The van der Waals surface area contributed by atoms with E-state index >= 15 is 0 Å². The van der Waals surface area contributed by atoms with Crippen molar-refractivity contribution in [1.29, 1.82) is 0 Å². The van der Waals surface area contributed by atoms with Crippen LogP contribution in [0.25, 0.3) is 0 Å². The molecule has 0 aliphatic carbocycles. The average Bonchev–Trinajstić information content (AvgIpc) is 2.28. The molecule has 0 aromatic heterocycles. The Balaban J connectivity index is 2.96. The standard InChI is InChI=1S/C12H16N2O3/c1-4-9(3)13-12(15)10-6-5-8(2)11(7-10)14(16)17/h5-7,9H,4H2,1-3H3,(H,13,15). The number of nitro benzene ring substituents is 1. The number of carbonyl (C=O) groups is 1. The van der Waals surface area contributed by atoms with Crippen molar-refractivity contribution < 1.29 is 9.72 Å². The largest absolute Gasteiger partial charge is 0.350 e. The van der Waals surface area contributed by atoms with E-state index in [2.05, 4.69) is 5.32 Å². The maximum atomic E-state index is 11.8. The van der Waals surface area contributed by atoms with E-state index in [1.165, 1.54) is 6.07 Å². The van der Waals surface area contributed by atoms with E-state index in [0.717, 1.165) is 6.42 Å². The molecule has 5 heteroatoms. The number of hydrogen-bond acceptors (Lipinski definition) is 3. The van der Waals surface area contributed by atoms with Crippen LogP contribution in [0.1, 0.15) is 36.2 Å². The molecule has 17 heavy (non-hydrogen) atoms. The molecule has 92 valence electrons. The fourth-order valence-electron chi connectivity index (χ4n) is 1.36. The number of hydrogen-bond donors (Lipinski definition) is 1. The minimum absolute atomic E-state index is 0.0261. The molecule has 1 aromatic carbocycles. The summed E-state index contributed by atoms with van der Waals surface area (Å²) in [5.41, 5.74) is 0.847. The molecule has 1 amide bonds. The number of nitrogens with zero attached hydrogens (tertiary/aromatic N) is 1. The Morgan fingerprint density at radius 1 is 1.53 bits per heavy atom. The highest BCUT2D eigenvalue weighted by Gasteiger charge is 2.15. The van der Waals surface area contributed by atoms with Gasteiger partial charge in [0.25, 0.3) is 11.6 Å². The molecule has 1 rings (SSSR count). The lowest BCUT2D eigenvalue weighted by atomic mass is 10.1. The van der Waals surface area contributed by atoms with E-state index in [1.807, 2.05) is 13.8 Å². The monoisotopic (exact) mass is 236 g/mol. The highest BCUT2D eigenvalue weighted by atomic mass is 16.6. The molecular formula is C12H16N2O3. The van der Waals surface area contributed by atoms with Crippen LogP contribution in [0.4, 0.5) is 5.69 Å². The third-order valence-electron chi connectivity index (χ3n) is 2.66. The average molecular weight is 236 g/mol. The van der Waals surface area contributed by atoms with Gasteiger partial charge >= 0.3 is 0 Å². The molecule has 1 aromatic rings. The molecule has 0 heterocycles. The molecule has 1 N–H and O–H groups in total. The van der Waals surface area contributed by atoms with Crippen LogP contribution in [0.2, 0.25) is 0 Å². The number of carbonyl (C=O) groups excluding carboxylic acids is 1. The molecule has 1 unspecified atom stereocenters. The SMILES string of the molecule is CCC(C)NC(=O)c1ccc(C)c([N+](=O)[O-])c1. The van der Waals surface area contributed by atoms with Crippen LogP contribution in [0.3, 0.4) is 0 Å². The Morgan fingerprint density at radius 2 is 2.18 bits per heavy atom. The summed E-state index contributed by atoms with van der Waals surface area (Å²) in [6.45, 7) is 5.50. The second-order valence-electron chi connectivity index (χ2n) is 4.04. The zero-order chi connectivity index (χ0) is 13.0. The van der Waals surface area contributed by atoms with Crippen molar-refractivity contribution in [2.75, 3.05) is 0 Å². The summed E-state index contributed by atoms with van der Waals surface area (Å²) in [7, 11) is 0. The molecule has 0 bridgehead atoms. The van der Waals surface area contributed by atoms with E-state index in [0.29, 0.717) is 11.1 Å². The number of nitrogens with one attached hydrogen (secondary N) is 1. The van der Waals surface area contributed by atoms with Crippen LogP contribution in [0.5, 0.6) is 0 Å². The molecule has 0 saturated heterocycles. The lowest BCUT2D eigenvalue weighted by molar-refractivity contribution is -0.385. The second kappa shape index (κ2) is 5.43. The predicted molar refractivity (Wildman–Crippen MR) is 65.1 cm³/mol. The summed E-state index contributed by atoms with van der Waals surface area (Å²) in [5, 5.41) is 13.5. The molecule has 0 aliphatic heterocycles. The lowest BCUT2D eigenvalue weighted by Crippen LogP contribution is -2.31. The number of rotatable bonds is 4. The van der Waals surface area contributed by atoms with Gasteiger partial charge in [-0.1, -0.05) is 13.0 Å². The lowest BCUT2D eigenvalue weighted by Gasteiger charge is -2.11. The van der Waals surface area contributed by atoms with Crippen molar-refractivity contribution in [2.24, 2.45) is 0 Å². The Morgan fingerprint density at radius 3 is 2.71 bits per heavy atom. The Hall–Kier alpha value is -1.91. The smallest absolute Gasteiger partial charge is 0.273 e. The molecule has 1 atom stereocenters. The van der Waals surface area contributed by atoms with Crippen LogP contribution in [0, 0.1) is 17.0 Å². The van der Waals surface area contributed by atoms with Crippen LogP contribution >= 0.6 is 0 Å². The van der Waals surface area contributed by atoms with E-state index < -0.39 is 4.92 Å². The van der Waals surface area contributed by atoms with Crippen molar-refractivity contribution in [3.63, 3.8) is 0 Å². The number of aryl methyl sites for hydroxylation is 1. The third kappa shape index (κ3) is 3.27. The van der Waals surface area contributed by atoms with Crippen molar-refractivity contribution in [2.45, 2.75) is 33.2 Å². The summed E-state index contributed by atoms with van der Waals surface area (Å²) in [6, 6.07) is 4.55. The Kier molecular flexibility index (Phi) is 4.20. The summed E-state index contributed by atoms with van der Waals surface area (Å²) in [5.74, 6) is -0.276. The first-order valence-corrected chi connectivity index (χ1v) is 5.51. The maximum absolute atomic E-state index is 11.8. The van der Waals surface area contributed by atoms with E-state index in [4.69, 9.17) is 0 Å². The quantitative estimate of drug-likeness (QED) is 0.644. The molecule has 0 aliphatic rings.